The lowest BCUT2D eigenvalue weighted by atomic mass is 9.77. The lowest BCUT2D eigenvalue weighted by Crippen LogP contribution is -2.13. The zero-order valence-corrected chi connectivity index (χ0v) is 22.7. The van der Waals surface area contributed by atoms with E-state index in [1.54, 1.807) is 5.56 Å². The van der Waals surface area contributed by atoms with Crippen LogP contribution in [0.5, 0.6) is 0 Å². The molecule has 0 aliphatic heterocycles. The van der Waals surface area contributed by atoms with Gasteiger partial charge in [-0.25, -0.2) is 0 Å². The van der Waals surface area contributed by atoms with Crippen molar-refractivity contribution in [3.8, 4) is 11.1 Å². The standard InChI is InChI=1S/C34H52/c1-4-6-7-8-9-10-11-12-13-14-29-15-19-31(20-16-29)33-23-25-34(26-24-33)32-21-17-30(18-22-32)27-28(3)5-2/h17-18,21-26,28-29,31H,4-16,19-20,27H2,1-3H3. The first-order chi connectivity index (χ1) is 16.7. The van der Waals surface area contributed by atoms with E-state index in [9.17, 15) is 0 Å². The molecule has 0 bridgehead atoms. The highest BCUT2D eigenvalue weighted by atomic mass is 14.3. The number of hydrogen-bond donors (Lipinski definition) is 0. The molecule has 0 amide bonds. The van der Waals surface area contributed by atoms with Gasteiger partial charge in [0, 0.05) is 0 Å². The van der Waals surface area contributed by atoms with Crippen molar-refractivity contribution in [1.82, 2.24) is 0 Å². The van der Waals surface area contributed by atoms with Crippen molar-refractivity contribution in [2.24, 2.45) is 11.8 Å². The zero-order chi connectivity index (χ0) is 24.0. The molecule has 34 heavy (non-hydrogen) atoms. The Morgan fingerprint density at radius 1 is 0.647 bits per heavy atom. The largest absolute Gasteiger partial charge is 0.0654 e. The normalized spacial score (nSPS) is 19.3. The van der Waals surface area contributed by atoms with Gasteiger partial charge in [0.2, 0.25) is 0 Å². The summed E-state index contributed by atoms with van der Waals surface area (Å²) in [4.78, 5) is 0. The van der Waals surface area contributed by atoms with Crippen LogP contribution < -0.4 is 0 Å². The minimum atomic E-state index is 0.769. The molecule has 2 aromatic rings. The quantitative estimate of drug-likeness (QED) is 0.232. The molecule has 1 saturated carbocycles. The van der Waals surface area contributed by atoms with E-state index in [0.717, 1.165) is 17.8 Å². The fourth-order valence-corrected chi connectivity index (χ4v) is 5.86. The zero-order valence-electron chi connectivity index (χ0n) is 22.7. The smallest absolute Gasteiger partial charge is 0.0162 e. The van der Waals surface area contributed by atoms with Crippen LogP contribution in [0.25, 0.3) is 11.1 Å². The predicted molar refractivity (Wildman–Crippen MR) is 152 cm³/mol. The summed E-state index contributed by atoms with van der Waals surface area (Å²) in [6.45, 7) is 6.93. The Kier molecular flexibility index (Phi) is 12.3. The van der Waals surface area contributed by atoms with Crippen LogP contribution in [0, 0.1) is 11.8 Å². The van der Waals surface area contributed by atoms with Crippen molar-refractivity contribution in [1.29, 1.82) is 0 Å². The topological polar surface area (TPSA) is 0 Å². The van der Waals surface area contributed by atoms with Gasteiger partial charge in [0.25, 0.3) is 0 Å². The third-order valence-corrected chi connectivity index (χ3v) is 8.51. The van der Waals surface area contributed by atoms with Crippen LogP contribution in [-0.4, -0.2) is 0 Å². The molecule has 1 fully saturated rings. The molecule has 0 nitrogen and oxygen atoms in total. The third kappa shape index (κ3) is 9.24. The summed E-state index contributed by atoms with van der Waals surface area (Å²) in [5.74, 6) is 2.55. The first-order valence-corrected chi connectivity index (χ1v) is 14.9. The monoisotopic (exact) mass is 460 g/mol. The van der Waals surface area contributed by atoms with E-state index in [1.807, 2.05) is 0 Å². The lowest BCUT2D eigenvalue weighted by molar-refractivity contribution is 0.302. The number of benzene rings is 2. The predicted octanol–water partition coefficient (Wildman–Crippen LogP) is 11.1. The van der Waals surface area contributed by atoms with Crippen LogP contribution in [0.15, 0.2) is 48.5 Å². The van der Waals surface area contributed by atoms with Gasteiger partial charge in [-0.2, -0.15) is 0 Å². The molecule has 0 saturated heterocycles. The van der Waals surface area contributed by atoms with Crippen LogP contribution in [0.2, 0.25) is 0 Å². The molecule has 3 rings (SSSR count). The Morgan fingerprint density at radius 3 is 1.74 bits per heavy atom. The molecule has 1 aliphatic carbocycles. The second kappa shape index (κ2) is 15.4. The van der Waals surface area contributed by atoms with Gasteiger partial charge in [-0.1, -0.05) is 140 Å². The minimum Gasteiger partial charge on any atom is -0.0654 e. The average Bonchev–Trinajstić information content (AvgIpc) is 2.88. The number of hydrogen-bond acceptors (Lipinski definition) is 0. The molecule has 0 N–H and O–H groups in total. The fourth-order valence-electron chi connectivity index (χ4n) is 5.86. The van der Waals surface area contributed by atoms with E-state index in [1.165, 1.54) is 119 Å². The van der Waals surface area contributed by atoms with E-state index in [0.29, 0.717) is 0 Å². The molecular formula is C34H52. The highest BCUT2D eigenvalue weighted by molar-refractivity contribution is 5.64. The average molecular weight is 461 g/mol. The lowest BCUT2D eigenvalue weighted by Gasteiger charge is -2.29. The molecule has 0 spiro atoms. The van der Waals surface area contributed by atoms with Gasteiger partial charge < -0.3 is 0 Å². The molecule has 0 heteroatoms. The van der Waals surface area contributed by atoms with E-state index in [-0.39, 0.29) is 0 Å². The first kappa shape index (κ1) is 27.0. The van der Waals surface area contributed by atoms with E-state index >= 15 is 0 Å². The highest BCUT2D eigenvalue weighted by Gasteiger charge is 2.22. The van der Waals surface area contributed by atoms with Crippen molar-refractivity contribution in [2.75, 3.05) is 0 Å². The fraction of sp³-hybridized carbons (Fsp3) is 0.647. The van der Waals surface area contributed by atoms with Crippen molar-refractivity contribution < 1.29 is 0 Å². The molecule has 1 atom stereocenters. The van der Waals surface area contributed by atoms with Gasteiger partial charge in [0.1, 0.15) is 0 Å². The molecule has 0 aromatic heterocycles. The van der Waals surface area contributed by atoms with Gasteiger partial charge in [-0.05, 0) is 72.1 Å². The Hall–Kier alpha value is -1.56. The molecule has 188 valence electrons. The van der Waals surface area contributed by atoms with Gasteiger partial charge in [0.05, 0.1) is 0 Å². The Labute approximate surface area is 212 Å². The summed E-state index contributed by atoms with van der Waals surface area (Å²) >= 11 is 0. The maximum absolute atomic E-state index is 2.41. The third-order valence-electron chi connectivity index (χ3n) is 8.51. The molecule has 0 radical (unpaired) electrons. The van der Waals surface area contributed by atoms with Crippen LogP contribution in [-0.2, 0) is 6.42 Å². The van der Waals surface area contributed by atoms with Crippen molar-refractivity contribution in [2.45, 2.75) is 129 Å². The van der Waals surface area contributed by atoms with E-state index in [2.05, 4.69) is 69.3 Å². The first-order valence-electron chi connectivity index (χ1n) is 14.9. The van der Waals surface area contributed by atoms with Gasteiger partial charge in [0.15, 0.2) is 0 Å². The van der Waals surface area contributed by atoms with Crippen LogP contribution in [0.3, 0.4) is 0 Å². The minimum absolute atomic E-state index is 0.769. The van der Waals surface area contributed by atoms with Crippen molar-refractivity contribution in [3.63, 3.8) is 0 Å². The SMILES string of the molecule is CCCCCCCCCCCC1CCC(c2ccc(-c3ccc(CC(C)CC)cc3)cc2)CC1. The second-order valence-electron chi connectivity index (χ2n) is 11.4. The molecule has 1 unspecified atom stereocenters. The highest BCUT2D eigenvalue weighted by Crippen LogP contribution is 2.38. The molecule has 2 aromatic carbocycles. The number of rotatable bonds is 15. The van der Waals surface area contributed by atoms with Crippen LogP contribution in [0.1, 0.15) is 134 Å². The van der Waals surface area contributed by atoms with Gasteiger partial charge in [-0.3, -0.25) is 0 Å². The molecular weight excluding hydrogens is 408 g/mol. The van der Waals surface area contributed by atoms with E-state index < -0.39 is 0 Å². The maximum Gasteiger partial charge on any atom is -0.0162 e. The summed E-state index contributed by atoms with van der Waals surface area (Å²) in [6, 6.07) is 18.8. The number of unbranched alkanes of at least 4 members (excludes halogenated alkanes) is 8. The molecule has 0 heterocycles. The van der Waals surface area contributed by atoms with Crippen molar-refractivity contribution >= 4 is 0 Å². The summed E-state index contributed by atoms with van der Waals surface area (Å²) in [6.07, 6.45) is 22.6. The second-order valence-corrected chi connectivity index (χ2v) is 11.4. The van der Waals surface area contributed by atoms with Crippen molar-refractivity contribution in [3.05, 3.63) is 59.7 Å². The van der Waals surface area contributed by atoms with Crippen LogP contribution in [0.4, 0.5) is 0 Å². The Bertz CT molecular complexity index is 761. The van der Waals surface area contributed by atoms with E-state index in [4.69, 9.17) is 0 Å². The summed E-state index contributed by atoms with van der Waals surface area (Å²) in [5, 5.41) is 0. The summed E-state index contributed by atoms with van der Waals surface area (Å²) < 4.78 is 0. The Morgan fingerprint density at radius 2 is 1.18 bits per heavy atom. The summed E-state index contributed by atoms with van der Waals surface area (Å²) in [7, 11) is 0. The maximum atomic E-state index is 2.41. The summed E-state index contributed by atoms with van der Waals surface area (Å²) in [5.41, 5.74) is 5.74. The molecule has 1 aliphatic rings. The van der Waals surface area contributed by atoms with Gasteiger partial charge >= 0.3 is 0 Å². The Balaban J connectivity index is 1.34. The van der Waals surface area contributed by atoms with Crippen LogP contribution >= 0.6 is 0 Å². The van der Waals surface area contributed by atoms with Gasteiger partial charge in [-0.15, -0.1) is 0 Å².